The second-order valence-corrected chi connectivity index (χ2v) is 4.65. The first-order valence-electron chi connectivity index (χ1n) is 6.68. The van der Waals surface area contributed by atoms with Gasteiger partial charge in [-0.05, 0) is 36.2 Å². The van der Waals surface area contributed by atoms with E-state index in [-0.39, 0.29) is 0 Å². The van der Waals surface area contributed by atoms with Crippen LogP contribution in [-0.4, -0.2) is 19.1 Å². The molecule has 0 heterocycles. The number of rotatable bonds is 3. The number of carbonyl (C=O) groups is 1. The third-order valence-corrected chi connectivity index (χ3v) is 3.04. The third kappa shape index (κ3) is 4.48. The zero-order chi connectivity index (χ0) is 15.1. The highest BCUT2D eigenvalue weighted by molar-refractivity contribution is 5.75. The highest BCUT2D eigenvalue weighted by atomic mass is 16.5. The summed E-state index contributed by atoms with van der Waals surface area (Å²) in [6, 6.07) is 16.9. The Hall–Kier alpha value is -2.57. The van der Waals surface area contributed by atoms with Crippen LogP contribution in [-0.2, 0) is 16.0 Å². The van der Waals surface area contributed by atoms with E-state index in [4.69, 9.17) is 5.73 Å². The van der Waals surface area contributed by atoms with Crippen LogP contribution < -0.4 is 5.73 Å². The molecule has 106 valence electrons. The summed E-state index contributed by atoms with van der Waals surface area (Å²) in [4.78, 5) is 11.3. The number of benzene rings is 2. The summed E-state index contributed by atoms with van der Waals surface area (Å²) in [6.07, 6.45) is 0.457. The van der Waals surface area contributed by atoms with Crippen LogP contribution in [0.15, 0.2) is 54.6 Å². The van der Waals surface area contributed by atoms with Crippen LogP contribution >= 0.6 is 0 Å². The van der Waals surface area contributed by atoms with Gasteiger partial charge in [-0.1, -0.05) is 42.2 Å². The predicted octanol–water partition coefficient (Wildman–Crippen LogP) is 2.13. The maximum absolute atomic E-state index is 11.3. The van der Waals surface area contributed by atoms with Crippen molar-refractivity contribution in [2.75, 3.05) is 7.11 Å². The fraction of sp³-hybridized carbons (Fsp3) is 0.167. The number of hydrogen-bond donors (Lipinski definition) is 1. The van der Waals surface area contributed by atoms with Gasteiger partial charge in [-0.2, -0.15) is 0 Å². The minimum atomic E-state index is -0.628. The predicted molar refractivity (Wildman–Crippen MR) is 82.6 cm³/mol. The van der Waals surface area contributed by atoms with Crippen molar-refractivity contribution in [3.63, 3.8) is 0 Å². The van der Waals surface area contributed by atoms with Crippen molar-refractivity contribution in [1.82, 2.24) is 0 Å². The van der Waals surface area contributed by atoms with Gasteiger partial charge in [0.1, 0.15) is 6.04 Å². The van der Waals surface area contributed by atoms with E-state index >= 15 is 0 Å². The molecular formula is C18H17NO2. The minimum absolute atomic E-state index is 0.400. The molecule has 0 aromatic heterocycles. The quantitative estimate of drug-likeness (QED) is 0.691. The molecule has 0 saturated heterocycles. The van der Waals surface area contributed by atoms with Crippen LogP contribution in [0.1, 0.15) is 16.7 Å². The molecule has 3 heteroatoms. The molecule has 2 aromatic rings. The number of esters is 1. The van der Waals surface area contributed by atoms with Crippen LogP contribution in [0.25, 0.3) is 0 Å². The first kappa shape index (κ1) is 14.8. The molecule has 0 saturated carbocycles. The summed E-state index contributed by atoms with van der Waals surface area (Å²) in [5.41, 5.74) is 8.62. The van der Waals surface area contributed by atoms with Crippen molar-refractivity contribution in [1.29, 1.82) is 0 Å². The van der Waals surface area contributed by atoms with Gasteiger partial charge in [0.2, 0.25) is 0 Å². The maximum atomic E-state index is 11.3. The van der Waals surface area contributed by atoms with E-state index in [0.29, 0.717) is 6.42 Å². The molecule has 0 amide bonds. The fourth-order valence-corrected chi connectivity index (χ4v) is 1.88. The lowest BCUT2D eigenvalue weighted by atomic mass is 10.0. The Morgan fingerprint density at radius 3 is 2.19 bits per heavy atom. The van der Waals surface area contributed by atoms with Crippen LogP contribution in [0.2, 0.25) is 0 Å². The number of ether oxygens (including phenoxy) is 1. The standard InChI is InChI=1S/C18H17NO2/c1-21-18(20)17(19)13-16-11-9-15(10-12-16)8-7-14-5-3-2-4-6-14/h2-6,9-12,17H,13,19H2,1H3. The van der Waals surface area contributed by atoms with Crippen molar-refractivity contribution in [3.8, 4) is 11.8 Å². The van der Waals surface area contributed by atoms with Crippen molar-refractivity contribution in [2.45, 2.75) is 12.5 Å². The fourth-order valence-electron chi connectivity index (χ4n) is 1.88. The molecule has 3 nitrogen and oxygen atoms in total. The Balaban J connectivity index is 2.03. The molecule has 2 aromatic carbocycles. The minimum Gasteiger partial charge on any atom is -0.468 e. The van der Waals surface area contributed by atoms with Gasteiger partial charge >= 0.3 is 5.97 Å². The maximum Gasteiger partial charge on any atom is 0.322 e. The first-order valence-corrected chi connectivity index (χ1v) is 6.68. The molecule has 1 atom stereocenters. The van der Waals surface area contributed by atoms with Gasteiger partial charge < -0.3 is 10.5 Å². The lowest BCUT2D eigenvalue weighted by Gasteiger charge is -2.08. The molecule has 0 bridgehead atoms. The van der Waals surface area contributed by atoms with Crippen LogP contribution in [0, 0.1) is 11.8 Å². The van der Waals surface area contributed by atoms with Crippen LogP contribution in [0.4, 0.5) is 0 Å². The van der Waals surface area contributed by atoms with Gasteiger partial charge in [0.25, 0.3) is 0 Å². The van der Waals surface area contributed by atoms with Gasteiger partial charge in [0.05, 0.1) is 7.11 Å². The molecule has 2 N–H and O–H groups in total. The highest BCUT2D eigenvalue weighted by Crippen LogP contribution is 2.07. The van der Waals surface area contributed by atoms with Crippen LogP contribution in [0.3, 0.4) is 0 Å². The second-order valence-electron chi connectivity index (χ2n) is 4.65. The van der Waals surface area contributed by atoms with Gasteiger partial charge in [-0.25, -0.2) is 0 Å². The summed E-state index contributed by atoms with van der Waals surface area (Å²) in [5.74, 6) is 5.80. The summed E-state index contributed by atoms with van der Waals surface area (Å²) < 4.78 is 4.61. The van der Waals surface area contributed by atoms with Gasteiger partial charge in [-0.15, -0.1) is 0 Å². The zero-order valence-corrected chi connectivity index (χ0v) is 11.9. The largest absolute Gasteiger partial charge is 0.468 e. The summed E-state index contributed by atoms with van der Waals surface area (Å²) in [5, 5.41) is 0. The molecule has 1 unspecified atom stereocenters. The lowest BCUT2D eigenvalue weighted by molar-refractivity contribution is -0.142. The van der Waals surface area contributed by atoms with Crippen molar-refractivity contribution in [2.24, 2.45) is 5.73 Å². The number of hydrogen-bond acceptors (Lipinski definition) is 3. The summed E-state index contributed by atoms with van der Waals surface area (Å²) in [6.45, 7) is 0. The third-order valence-electron chi connectivity index (χ3n) is 3.04. The van der Waals surface area contributed by atoms with Crippen molar-refractivity contribution in [3.05, 3.63) is 71.3 Å². The second kappa shape index (κ2) is 7.28. The molecule has 0 radical (unpaired) electrons. The Morgan fingerprint density at radius 2 is 1.62 bits per heavy atom. The van der Waals surface area contributed by atoms with Crippen molar-refractivity contribution < 1.29 is 9.53 Å². The van der Waals surface area contributed by atoms with E-state index in [9.17, 15) is 4.79 Å². The summed E-state index contributed by atoms with van der Waals surface area (Å²) in [7, 11) is 1.34. The highest BCUT2D eigenvalue weighted by Gasteiger charge is 2.13. The van der Waals surface area contributed by atoms with Gasteiger partial charge in [0, 0.05) is 11.1 Å². The zero-order valence-electron chi connectivity index (χ0n) is 11.9. The average Bonchev–Trinajstić information content (AvgIpc) is 2.54. The average molecular weight is 279 g/mol. The molecule has 0 spiro atoms. The van der Waals surface area contributed by atoms with E-state index in [1.54, 1.807) is 0 Å². The van der Waals surface area contributed by atoms with E-state index in [2.05, 4.69) is 16.6 Å². The molecule has 0 fully saturated rings. The Labute approximate surface area is 124 Å². The van der Waals surface area contributed by atoms with Gasteiger partial charge in [0.15, 0.2) is 0 Å². The van der Waals surface area contributed by atoms with Crippen LogP contribution in [0.5, 0.6) is 0 Å². The number of carbonyl (C=O) groups excluding carboxylic acids is 1. The number of nitrogens with two attached hydrogens (primary N) is 1. The molecule has 0 aliphatic rings. The van der Waals surface area contributed by atoms with E-state index < -0.39 is 12.0 Å². The lowest BCUT2D eigenvalue weighted by Crippen LogP contribution is -2.33. The smallest absolute Gasteiger partial charge is 0.322 e. The van der Waals surface area contributed by atoms with E-state index in [1.165, 1.54) is 7.11 Å². The van der Waals surface area contributed by atoms with E-state index in [1.807, 2.05) is 54.6 Å². The first-order chi connectivity index (χ1) is 10.2. The molecule has 21 heavy (non-hydrogen) atoms. The Bertz CT molecular complexity index is 651. The molecule has 0 aliphatic carbocycles. The molecular weight excluding hydrogens is 262 g/mol. The normalized spacial score (nSPS) is 11.1. The summed E-state index contributed by atoms with van der Waals surface area (Å²) >= 11 is 0. The molecule has 0 aliphatic heterocycles. The monoisotopic (exact) mass is 279 g/mol. The van der Waals surface area contributed by atoms with Gasteiger partial charge in [-0.3, -0.25) is 4.79 Å². The Kier molecular flexibility index (Phi) is 5.14. The topological polar surface area (TPSA) is 52.3 Å². The van der Waals surface area contributed by atoms with Crippen molar-refractivity contribution >= 4 is 5.97 Å². The Morgan fingerprint density at radius 1 is 1.05 bits per heavy atom. The van der Waals surface area contributed by atoms with E-state index in [0.717, 1.165) is 16.7 Å². The molecule has 2 rings (SSSR count). The SMILES string of the molecule is COC(=O)C(N)Cc1ccc(C#Cc2ccccc2)cc1. The number of methoxy groups -OCH3 is 1.